The van der Waals surface area contributed by atoms with E-state index in [-0.39, 0.29) is 30.9 Å². The van der Waals surface area contributed by atoms with Gasteiger partial charge in [-0.15, -0.1) is 0 Å². The molecule has 0 unspecified atom stereocenters. The van der Waals surface area contributed by atoms with Crippen molar-refractivity contribution in [3.8, 4) is 5.75 Å². The number of hydrogen-bond acceptors (Lipinski definition) is 5. The van der Waals surface area contributed by atoms with Crippen molar-refractivity contribution in [1.29, 1.82) is 0 Å². The molecule has 0 bridgehead atoms. The summed E-state index contributed by atoms with van der Waals surface area (Å²) < 4.78 is 44.0. The number of rotatable bonds is 7. The van der Waals surface area contributed by atoms with Crippen molar-refractivity contribution < 1.29 is 27.5 Å². The van der Waals surface area contributed by atoms with Gasteiger partial charge >= 0.3 is 6.18 Å². The Hall–Kier alpha value is -3.11. The number of ether oxygens (including phenoxy) is 1. The number of nitrogens with zero attached hydrogens (tertiary/aromatic N) is 2. The fourth-order valence-corrected chi connectivity index (χ4v) is 3.98. The third-order valence-electron chi connectivity index (χ3n) is 5.80. The first-order chi connectivity index (χ1) is 16.1. The Kier molecular flexibility index (Phi) is 8.16. The van der Waals surface area contributed by atoms with Gasteiger partial charge in [0.15, 0.2) is 0 Å². The molecule has 1 fully saturated rings. The number of likely N-dealkylation sites (N-methyl/N-ethyl adjacent to an activating group) is 1. The van der Waals surface area contributed by atoms with E-state index in [1.54, 1.807) is 18.2 Å². The highest BCUT2D eigenvalue weighted by molar-refractivity contribution is 5.88. The number of amides is 2. The molecule has 1 atom stereocenters. The molecular formula is C24H29F3N4O3. The van der Waals surface area contributed by atoms with E-state index < -0.39 is 11.7 Å². The molecule has 2 aromatic rings. The average Bonchev–Trinajstić information content (AvgIpc) is 2.78. The summed E-state index contributed by atoms with van der Waals surface area (Å²) in [6.45, 7) is 3.69. The zero-order chi connectivity index (χ0) is 24.9. The predicted octanol–water partition coefficient (Wildman–Crippen LogP) is 3.28. The first kappa shape index (κ1) is 25.5. The summed E-state index contributed by atoms with van der Waals surface area (Å²) in [6.07, 6.45) is -4.37. The number of carbonyl (C=O) groups is 2. The quantitative estimate of drug-likeness (QED) is 0.639. The van der Waals surface area contributed by atoms with Crippen LogP contribution in [0.4, 0.5) is 18.9 Å². The van der Waals surface area contributed by atoms with E-state index in [2.05, 4.69) is 15.5 Å². The summed E-state index contributed by atoms with van der Waals surface area (Å²) in [5.41, 5.74) is 1.43. The van der Waals surface area contributed by atoms with Gasteiger partial charge in [-0.05, 0) is 42.9 Å². The molecule has 1 aliphatic rings. The molecule has 7 nitrogen and oxygen atoms in total. The van der Waals surface area contributed by atoms with Crippen LogP contribution in [-0.4, -0.2) is 62.0 Å². The minimum atomic E-state index is -4.37. The second-order valence-corrected chi connectivity index (χ2v) is 8.34. The number of alkyl halides is 3. The lowest BCUT2D eigenvalue weighted by molar-refractivity contribution is -0.137. The normalized spacial score (nSPS) is 17.3. The number of benzene rings is 2. The molecule has 184 valence electrons. The third-order valence-corrected chi connectivity index (χ3v) is 5.80. The Morgan fingerprint density at radius 2 is 1.82 bits per heavy atom. The topological polar surface area (TPSA) is 73.9 Å². The molecule has 0 aliphatic carbocycles. The molecule has 34 heavy (non-hydrogen) atoms. The fourth-order valence-electron chi connectivity index (χ4n) is 3.98. The van der Waals surface area contributed by atoms with Crippen LogP contribution in [0.3, 0.4) is 0 Å². The number of methoxy groups -OCH3 is 1. The highest BCUT2D eigenvalue weighted by Gasteiger charge is 2.31. The maximum absolute atomic E-state index is 12.9. The second-order valence-electron chi connectivity index (χ2n) is 8.34. The largest absolute Gasteiger partial charge is 0.496 e. The molecule has 0 spiro atoms. The number of carbonyl (C=O) groups excluding carboxylic acids is 2. The van der Waals surface area contributed by atoms with Crippen LogP contribution in [0.2, 0.25) is 0 Å². The number of halogens is 3. The molecule has 0 saturated carbocycles. The van der Waals surface area contributed by atoms with Gasteiger partial charge in [0.2, 0.25) is 11.8 Å². The molecule has 10 heteroatoms. The number of hydrogen-bond donors (Lipinski definition) is 2. The van der Waals surface area contributed by atoms with E-state index in [0.29, 0.717) is 31.1 Å². The van der Waals surface area contributed by atoms with E-state index in [4.69, 9.17) is 4.74 Å². The molecule has 0 radical (unpaired) electrons. The van der Waals surface area contributed by atoms with Gasteiger partial charge in [-0.2, -0.15) is 13.2 Å². The molecule has 0 aromatic heterocycles. The molecule has 1 aliphatic heterocycles. The molecule has 2 N–H and O–H groups in total. The molecule has 2 amide bonds. The van der Waals surface area contributed by atoms with Gasteiger partial charge in [-0.3, -0.25) is 19.4 Å². The zero-order valence-corrected chi connectivity index (χ0v) is 19.4. The Morgan fingerprint density at radius 3 is 2.44 bits per heavy atom. The lowest BCUT2D eigenvalue weighted by atomic mass is 10.0. The van der Waals surface area contributed by atoms with E-state index in [1.807, 2.05) is 11.9 Å². The Balaban J connectivity index is 1.59. The van der Waals surface area contributed by atoms with Crippen molar-refractivity contribution in [3.05, 3.63) is 59.2 Å². The first-order valence-corrected chi connectivity index (χ1v) is 10.9. The lowest BCUT2D eigenvalue weighted by Gasteiger charge is -2.39. The molecule has 3 rings (SSSR count). The van der Waals surface area contributed by atoms with Gasteiger partial charge in [0, 0.05) is 50.4 Å². The molecule has 1 heterocycles. The van der Waals surface area contributed by atoms with Crippen LogP contribution in [0.5, 0.6) is 5.75 Å². The summed E-state index contributed by atoms with van der Waals surface area (Å²) in [4.78, 5) is 28.0. The van der Waals surface area contributed by atoms with Crippen LogP contribution in [0.15, 0.2) is 42.5 Å². The van der Waals surface area contributed by atoms with Crippen LogP contribution in [0, 0.1) is 0 Å². The Labute approximate surface area is 196 Å². The van der Waals surface area contributed by atoms with Crippen LogP contribution in [-0.2, 0) is 22.3 Å². The minimum absolute atomic E-state index is 0.113. The summed E-state index contributed by atoms with van der Waals surface area (Å²) in [7, 11) is 3.46. The summed E-state index contributed by atoms with van der Waals surface area (Å²) in [6, 6.07) is 10.3. The van der Waals surface area contributed by atoms with Crippen molar-refractivity contribution in [3.63, 3.8) is 0 Å². The van der Waals surface area contributed by atoms with Gasteiger partial charge in [-0.25, -0.2) is 0 Å². The van der Waals surface area contributed by atoms with Crippen LogP contribution in [0.1, 0.15) is 29.7 Å². The predicted molar refractivity (Wildman–Crippen MR) is 122 cm³/mol. The SMILES string of the molecule is COc1ccc(NC(C)=O)cc1CNC(=O)CN1CCN(C)[C@@H](c2ccc(C(F)(F)F)cc2)C1. The number of anilines is 1. The Bertz CT molecular complexity index is 1010. The van der Waals surface area contributed by atoms with Gasteiger partial charge in [0.25, 0.3) is 0 Å². The van der Waals surface area contributed by atoms with Gasteiger partial charge < -0.3 is 15.4 Å². The van der Waals surface area contributed by atoms with E-state index in [1.165, 1.54) is 26.2 Å². The van der Waals surface area contributed by atoms with Crippen LogP contribution in [0.25, 0.3) is 0 Å². The summed E-state index contributed by atoms with van der Waals surface area (Å²) in [5.74, 6) is 0.219. The standard InChI is InChI=1S/C24H29F3N4O3/c1-16(32)29-20-8-9-22(34-3)18(12-20)13-28-23(33)15-31-11-10-30(2)21(14-31)17-4-6-19(7-5-17)24(25,26)27/h4-9,12,21H,10-11,13-15H2,1-3H3,(H,28,33)(H,29,32)/t21-/m1/s1. The maximum Gasteiger partial charge on any atom is 0.416 e. The average molecular weight is 479 g/mol. The summed E-state index contributed by atoms with van der Waals surface area (Å²) in [5, 5.41) is 5.58. The zero-order valence-electron chi connectivity index (χ0n) is 19.4. The van der Waals surface area contributed by atoms with Crippen molar-refractivity contribution in [2.45, 2.75) is 25.7 Å². The van der Waals surface area contributed by atoms with Crippen molar-refractivity contribution in [2.24, 2.45) is 0 Å². The smallest absolute Gasteiger partial charge is 0.416 e. The third kappa shape index (κ3) is 6.71. The van der Waals surface area contributed by atoms with Crippen LogP contribution >= 0.6 is 0 Å². The fraction of sp³-hybridized carbons (Fsp3) is 0.417. The van der Waals surface area contributed by atoms with E-state index in [0.717, 1.165) is 23.3 Å². The van der Waals surface area contributed by atoms with E-state index in [9.17, 15) is 22.8 Å². The molecular weight excluding hydrogens is 449 g/mol. The highest BCUT2D eigenvalue weighted by Crippen LogP contribution is 2.31. The second kappa shape index (κ2) is 10.9. The number of piperazine rings is 1. The van der Waals surface area contributed by atoms with Gasteiger partial charge in [0.1, 0.15) is 5.75 Å². The van der Waals surface area contributed by atoms with Crippen molar-refractivity contribution >= 4 is 17.5 Å². The maximum atomic E-state index is 12.9. The monoisotopic (exact) mass is 478 g/mol. The van der Waals surface area contributed by atoms with Gasteiger partial charge in [-0.1, -0.05) is 12.1 Å². The first-order valence-electron chi connectivity index (χ1n) is 10.9. The Morgan fingerprint density at radius 1 is 1.12 bits per heavy atom. The number of nitrogens with one attached hydrogen (secondary N) is 2. The highest BCUT2D eigenvalue weighted by atomic mass is 19.4. The van der Waals surface area contributed by atoms with Crippen molar-refractivity contribution in [1.82, 2.24) is 15.1 Å². The van der Waals surface area contributed by atoms with E-state index >= 15 is 0 Å². The molecule has 2 aromatic carbocycles. The van der Waals surface area contributed by atoms with Gasteiger partial charge in [0.05, 0.1) is 19.2 Å². The minimum Gasteiger partial charge on any atom is -0.496 e. The molecule has 1 saturated heterocycles. The summed E-state index contributed by atoms with van der Waals surface area (Å²) >= 11 is 0. The lowest BCUT2D eigenvalue weighted by Crippen LogP contribution is -2.49. The van der Waals surface area contributed by atoms with Crippen molar-refractivity contribution in [2.75, 3.05) is 45.7 Å². The van der Waals surface area contributed by atoms with Crippen LogP contribution < -0.4 is 15.4 Å².